The quantitative estimate of drug-likeness (QED) is 0.112. The summed E-state index contributed by atoms with van der Waals surface area (Å²) >= 11 is 1.45. The Morgan fingerprint density at radius 3 is 2.03 bits per heavy atom. The lowest BCUT2D eigenvalue weighted by Crippen LogP contribution is -2.57. The van der Waals surface area contributed by atoms with Crippen molar-refractivity contribution in [1.82, 2.24) is 16.0 Å². The van der Waals surface area contributed by atoms with Crippen molar-refractivity contribution in [3.05, 3.63) is 35.9 Å². The van der Waals surface area contributed by atoms with Crippen molar-refractivity contribution >= 4 is 41.4 Å². The number of carbonyl (C=O) groups excluding carboxylic acids is 3. The van der Waals surface area contributed by atoms with Crippen molar-refractivity contribution in [1.29, 1.82) is 0 Å². The number of hydrogen-bond acceptors (Lipinski definition) is 8. The van der Waals surface area contributed by atoms with E-state index in [0.717, 1.165) is 5.56 Å². The Labute approximate surface area is 226 Å². The van der Waals surface area contributed by atoms with Gasteiger partial charge in [-0.15, -0.1) is 0 Å². The van der Waals surface area contributed by atoms with E-state index in [2.05, 4.69) is 16.0 Å². The summed E-state index contributed by atoms with van der Waals surface area (Å²) in [5.41, 5.74) is 12.0. The number of benzene rings is 1. The van der Waals surface area contributed by atoms with Gasteiger partial charge in [-0.3, -0.25) is 19.2 Å². The van der Waals surface area contributed by atoms with Gasteiger partial charge in [0.1, 0.15) is 18.1 Å². The molecule has 0 spiro atoms. The molecule has 1 aromatic carbocycles. The number of amides is 3. The first-order valence-corrected chi connectivity index (χ1v) is 13.8. The molecule has 38 heavy (non-hydrogen) atoms. The number of carboxylic acid groups (broad SMARTS) is 2. The molecule has 0 fully saturated rings. The fraction of sp³-hybridized carbons (Fsp3) is 0.560. The van der Waals surface area contributed by atoms with E-state index < -0.39 is 53.8 Å². The van der Waals surface area contributed by atoms with Crippen molar-refractivity contribution in [3.63, 3.8) is 0 Å². The summed E-state index contributed by atoms with van der Waals surface area (Å²) in [6.07, 6.45) is 3.06. The number of nitrogens with two attached hydrogens (primary N) is 2. The molecule has 3 amide bonds. The van der Waals surface area contributed by atoms with Crippen LogP contribution in [0.15, 0.2) is 30.3 Å². The predicted octanol–water partition coefficient (Wildman–Crippen LogP) is -0.158. The number of carbonyl (C=O) groups is 5. The number of thioether (sulfide) groups is 1. The maximum absolute atomic E-state index is 13.2. The normalized spacial score (nSPS) is 14.0. The van der Waals surface area contributed by atoms with Crippen molar-refractivity contribution < 1.29 is 34.2 Å². The number of hydrogen-bond donors (Lipinski definition) is 7. The summed E-state index contributed by atoms with van der Waals surface area (Å²) in [6, 6.07) is 4.49. The second-order valence-corrected chi connectivity index (χ2v) is 9.80. The van der Waals surface area contributed by atoms with Crippen LogP contribution >= 0.6 is 11.8 Å². The molecule has 212 valence electrons. The summed E-state index contributed by atoms with van der Waals surface area (Å²) in [5, 5.41) is 26.1. The highest BCUT2D eigenvalue weighted by Crippen LogP contribution is 2.08. The fourth-order valence-corrected chi connectivity index (χ4v) is 4.02. The first kappa shape index (κ1) is 32.9. The number of nitrogens with one attached hydrogen (secondary N) is 3. The largest absolute Gasteiger partial charge is 0.481 e. The lowest BCUT2D eigenvalue weighted by Gasteiger charge is -2.25. The SMILES string of the molecule is CSCCC(NC(=O)C(N)CCC(=O)O)C(=O)NC(Cc1ccccc1)C(=O)NC(CCCCN)C(=O)O. The lowest BCUT2D eigenvalue weighted by molar-refractivity contribution is -0.142. The van der Waals surface area contributed by atoms with E-state index in [9.17, 15) is 29.1 Å². The van der Waals surface area contributed by atoms with Crippen LogP contribution in [0.2, 0.25) is 0 Å². The fourth-order valence-electron chi connectivity index (χ4n) is 3.55. The van der Waals surface area contributed by atoms with Gasteiger partial charge >= 0.3 is 11.9 Å². The van der Waals surface area contributed by atoms with E-state index in [4.69, 9.17) is 16.6 Å². The summed E-state index contributed by atoms with van der Waals surface area (Å²) in [6.45, 7) is 0.399. The molecule has 1 aromatic rings. The standard InChI is InChI=1S/C25H39N5O7S/c1-38-14-12-18(28-22(33)17(27)10-11-21(31)32)23(34)30-20(15-16-7-3-2-4-8-16)24(35)29-19(25(36)37)9-5-6-13-26/h2-4,7-8,17-20H,5-6,9-15,26-27H2,1H3,(H,28,33)(H,29,35)(H,30,34)(H,31,32)(H,36,37). The molecule has 0 aliphatic carbocycles. The van der Waals surface area contributed by atoms with Gasteiger partial charge in [0.15, 0.2) is 0 Å². The molecular formula is C25H39N5O7S. The summed E-state index contributed by atoms with van der Waals surface area (Å²) < 4.78 is 0. The third-order valence-corrected chi connectivity index (χ3v) is 6.37. The van der Waals surface area contributed by atoms with Gasteiger partial charge in [0, 0.05) is 12.8 Å². The van der Waals surface area contributed by atoms with Gasteiger partial charge in [-0.25, -0.2) is 4.79 Å². The van der Waals surface area contributed by atoms with Crippen LogP contribution in [0.25, 0.3) is 0 Å². The van der Waals surface area contributed by atoms with E-state index in [1.54, 1.807) is 30.3 Å². The Hall–Kier alpha value is -3.16. The lowest BCUT2D eigenvalue weighted by atomic mass is 10.0. The summed E-state index contributed by atoms with van der Waals surface area (Å²) in [7, 11) is 0. The number of carboxylic acids is 2. The molecule has 0 aliphatic heterocycles. The van der Waals surface area contributed by atoms with Gasteiger partial charge in [-0.2, -0.15) is 11.8 Å². The van der Waals surface area contributed by atoms with Crippen molar-refractivity contribution in [2.75, 3.05) is 18.6 Å². The third-order valence-electron chi connectivity index (χ3n) is 5.73. The average Bonchev–Trinajstić information content (AvgIpc) is 2.88. The Morgan fingerprint density at radius 1 is 0.842 bits per heavy atom. The summed E-state index contributed by atoms with van der Waals surface area (Å²) in [4.78, 5) is 61.4. The second kappa shape index (κ2) is 18.2. The third kappa shape index (κ3) is 12.9. The molecule has 0 saturated carbocycles. The molecule has 0 radical (unpaired) electrons. The zero-order chi connectivity index (χ0) is 28.5. The zero-order valence-electron chi connectivity index (χ0n) is 21.6. The van der Waals surface area contributed by atoms with Gasteiger partial charge in [0.25, 0.3) is 0 Å². The number of aliphatic carboxylic acids is 2. The number of rotatable bonds is 19. The maximum Gasteiger partial charge on any atom is 0.326 e. The molecule has 0 bridgehead atoms. The van der Waals surface area contributed by atoms with E-state index in [-0.39, 0.29) is 32.1 Å². The minimum absolute atomic E-state index is 0.0921. The van der Waals surface area contributed by atoms with Gasteiger partial charge in [-0.1, -0.05) is 30.3 Å². The molecule has 9 N–H and O–H groups in total. The molecule has 4 atom stereocenters. The van der Waals surface area contributed by atoms with Gasteiger partial charge < -0.3 is 37.6 Å². The van der Waals surface area contributed by atoms with Gasteiger partial charge in [0.2, 0.25) is 17.7 Å². The highest BCUT2D eigenvalue weighted by Gasteiger charge is 2.30. The highest BCUT2D eigenvalue weighted by atomic mass is 32.2. The molecule has 1 rings (SSSR count). The molecule has 0 aromatic heterocycles. The molecule has 0 aliphatic rings. The van der Waals surface area contributed by atoms with Crippen LogP contribution in [-0.4, -0.2) is 82.6 Å². The topological polar surface area (TPSA) is 214 Å². The zero-order valence-corrected chi connectivity index (χ0v) is 22.4. The molecule has 12 nitrogen and oxygen atoms in total. The van der Waals surface area contributed by atoms with Crippen molar-refractivity contribution in [2.24, 2.45) is 11.5 Å². The summed E-state index contributed by atoms with van der Waals surface area (Å²) in [5.74, 6) is -3.76. The van der Waals surface area contributed by atoms with Crippen LogP contribution in [0, 0.1) is 0 Å². The van der Waals surface area contributed by atoms with Gasteiger partial charge in [0.05, 0.1) is 6.04 Å². The molecule has 13 heteroatoms. The highest BCUT2D eigenvalue weighted by molar-refractivity contribution is 7.98. The smallest absolute Gasteiger partial charge is 0.326 e. The first-order valence-electron chi connectivity index (χ1n) is 12.4. The first-order chi connectivity index (χ1) is 18.1. The second-order valence-electron chi connectivity index (χ2n) is 8.82. The Bertz CT molecular complexity index is 919. The Kier molecular flexibility index (Phi) is 15.7. The Morgan fingerprint density at radius 2 is 1.45 bits per heavy atom. The maximum atomic E-state index is 13.2. The van der Waals surface area contributed by atoms with E-state index in [1.165, 1.54) is 11.8 Å². The predicted molar refractivity (Wildman–Crippen MR) is 144 cm³/mol. The van der Waals surface area contributed by atoms with Crippen LogP contribution in [0.4, 0.5) is 0 Å². The van der Waals surface area contributed by atoms with E-state index in [1.807, 2.05) is 6.26 Å². The van der Waals surface area contributed by atoms with Crippen LogP contribution in [0.5, 0.6) is 0 Å². The number of unbranched alkanes of at least 4 members (excludes halogenated alkanes) is 1. The van der Waals surface area contributed by atoms with Crippen LogP contribution in [-0.2, 0) is 30.4 Å². The molecule has 0 heterocycles. The molecular weight excluding hydrogens is 514 g/mol. The van der Waals surface area contributed by atoms with Crippen molar-refractivity contribution in [2.45, 2.75) is 69.1 Å². The van der Waals surface area contributed by atoms with Gasteiger partial charge in [-0.05, 0) is 56.2 Å². The Balaban J connectivity index is 3.05. The van der Waals surface area contributed by atoms with Crippen LogP contribution in [0.3, 0.4) is 0 Å². The minimum atomic E-state index is -1.19. The monoisotopic (exact) mass is 553 g/mol. The molecule has 0 saturated heterocycles. The molecule has 4 unspecified atom stereocenters. The average molecular weight is 554 g/mol. The van der Waals surface area contributed by atoms with E-state index >= 15 is 0 Å². The van der Waals surface area contributed by atoms with E-state index in [0.29, 0.717) is 25.1 Å². The minimum Gasteiger partial charge on any atom is -0.481 e. The van der Waals surface area contributed by atoms with Crippen LogP contribution < -0.4 is 27.4 Å². The van der Waals surface area contributed by atoms with Crippen LogP contribution in [0.1, 0.15) is 44.1 Å². The van der Waals surface area contributed by atoms with Crippen molar-refractivity contribution in [3.8, 4) is 0 Å².